The van der Waals surface area contributed by atoms with Gasteiger partial charge in [-0.2, -0.15) is 0 Å². The van der Waals surface area contributed by atoms with Crippen LogP contribution in [0, 0.1) is 0 Å². The van der Waals surface area contributed by atoms with Gasteiger partial charge in [-0.3, -0.25) is 4.79 Å². The molecular weight excluding hydrogens is 302 g/mol. The molecule has 19 heavy (non-hydrogen) atoms. The zero-order valence-corrected chi connectivity index (χ0v) is 14.5. The molecule has 0 saturated carbocycles. The molecule has 0 fully saturated rings. The van der Waals surface area contributed by atoms with Crippen LogP contribution in [0.25, 0.3) is 0 Å². The molecule has 0 aromatic rings. The molecule has 2 nitrogen and oxygen atoms in total. The van der Waals surface area contributed by atoms with Crippen molar-refractivity contribution in [2.75, 3.05) is 18.9 Å². The van der Waals surface area contributed by atoms with E-state index in [4.69, 9.17) is 0 Å². The van der Waals surface area contributed by atoms with Crippen LogP contribution in [0.15, 0.2) is 0 Å². The van der Waals surface area contributed by atoms with E-state index in [1.165, 1.54) is 51.4 Å². The quantitative estimate of drug-likeness (QED) is 0.337. The van der Waals surface area contributed by atoms with Crippen molar-refractivity contribution in [3.05, 3.63) is 0 Å². The second-order valence-corrected chi connectivity index (χ2v) is 6.23. The minimum absolute atomic E-state index is 0.326. The van der Waals surface area contributed by atoms with Gasteiger partial charge >= 0.3 is 0 Å². The number of halogens is 1. The molecule has 0 aromatic carbocycles. The molecule has 0 radical (unpaired) electrons. The predicted octanol–water partition coefficient (Wildman–Crippen LogP) is 5.15. The fourth-order valence-corrected chi connectivity index (χ4v) is 2.57. The standard InChI is InChI=1S/C16H32BrNO/c1-3-4-5-6-7-8-10-13-16(19)18(2)15-12-9-11-14-17/h3-15H2,1-2H3. The van der Waals surface area contributed by atoms with E-state index < -0.39 is 0 Å². The number of hydrogen-bond acceptors (Lipinski definition) is 1. The van der Waals surface area contributed by atoms with E-state index in [1.54, 1.807) is 0 Å². The Bertz CT molecular complexity index is 209. The fourth-order valence-electron chi connectivity index (χ4n) is 2.17. The molecule has 1 amide bonds. The Morgan fingerprint density at radius 3 is 2.11 bits per heavy atom. The average molecular weight is 334 g/mol. The van der Waals surface area contributed by atoms with E-state index in [0.717, 1.165) is 31.1 Å². The van der Waals surface area contributed by atoms with Crippen LogP contribution in [0.1, 0.15) is 77.6 Å². The van der Waals surface area contributed by atoms with Crippen molar-refractivity contribution in [2.24, 2.45) is 0 Å². The molecule has 0 atom stereocenters. The average Bonchev–Trinajstić information content (AvgIpc) is 2.42. The van der Waals surface area contributed by atoms with Crippen LogP contribution in [0.5, 0.6) is 0 Å². The van der Waals surface area contributed by atoms with Crippen LogP contribution in [-0.4, -0.2) is 29.7 Å². The van der Waals surface area contributed by atoms with E-state index in [9.17, 15) is 4.79 Å². The first-order valence-corrected chi connectivity index (χ1v) is 9.14. The van der Waals surface area contributed by atoms with E-state index in [1.807, 2.05) is 11.9 Å². The summed E-state index contributed by atoms with van der Waals surface area (Å²) < 4.78 is 0. The second-order valence-electron chi connectivity index (χ2n) is 5.44. The molecule has 0 aliphatic heterocycles. The first kappa shape index (κ1) is 18.9. The maximum atomic E-state index is 11.9. The molecule has 0 aromatic heterocycles. The Morgan fingerprint density at radius 1 is 0.895 bits per heavy atom. The third-order valence-corrected chi connectivity index (χ3v) is 4.11. The zero-order valence-electron chi connectivity index (χ0n) is 12.9. The van der Waals surface area contributed by atoms with Gasteiger partial charge in [0, 0.05) is 25.3 Å². The van der Waals surface area contributed by atoms with Crippen LogP contribution in [0.2, 0.25) is 0 Å². The van der Waals surface area contributed by atoms with Gasteiger partial charge in [0.1, 0.15) is 0 Å². The maximum Gasteiger partial charge on any atom is 0.222 e. The van der Waals surface area contributed by atoms with Crippen LogP contribution in [0.3, 0.4) is 0 Å². The number of nitrogens with zero attached hydrogens (tertiary/aromatic N) is 1. The van der Waals surface area contributed by atoms with Gasteiger partial charge in [-0.25, -0.2) is 0 Å². The lowest BCUT2D eigenvalue weighted by atomic mass is 10.1. The summed E-state index contributed by atoms with van der Waals surface area (Å²) in [6.45, 7) is 3.16. The Kier molecular flexibility index (Phi) is 14.3. The molecule has 0 aliphatic carbocycles. The smallest absolute Gasteiger partial charge is 0.222 e. The monoisotopic (exact) mass is 333 g/mol. The Labute approximate surface area is 128 Å². The number of hydrogen-bond donors (Lipinski definition) is 0. The van der Waals surface area contributed by atoms with Gasteiger partial charge in [0.15, 0.2) is 0 Å². The van der Waals surface area contributed by atoms with Crippen molar-refractivity contribution >= 4 is 21.8 Å². The minimum Gasteiger partial charge on any atom is -0.346 e. The summed E-state index contributed by atoms with van der Waals surface area (Å²) in [6, 6.07) is 0. The molecule has 0 saturated heterocycles. The lowest BCUT2D eigenvalue weighted by Crippen LogP contribution is -2.27. The van der Waals surface area contributed by atoms with Crippen molar-refractivity contribution in [2.45, 2.75) is 77.6 Å². The predicted molar refractivity (Wildman–Crippen MR) is 87.9 cm³/mol. The summed E-state index contributed by atoms with van der Waals surface area (Å²) in [6.07, 6.45) is 13.2. The minimum atomic E-state index is 0.326. The van der Waals surface area contributed by atoms with Crippen LogP contribution < -0.4 is 0 Å². The van der Waals surface area contributed by atoms with Crippen molar-refractivity contribution in [3.63, 3.8) is 0 Å². The zero-order chi connectivity index (χ0) is 14.3. The Balaban J connectivity index is 3.36. The maximum absolute atomic E-state index is 11.9. The Hall–Kier alpha value is -0.0500. The normalized spacial score (nSPS) is 10.7. The third kappa shape index (κ3) is 12.7. The van der Waals surface area contributed by atoms with Gasteiger partial charge in [0.05, 0.1) is 0 Å². The SMILES string of the molecule is CCCCCCCCCC(=O)N(C)CCCCCBr. The highest BCUT2D eigenvalue weighted by Crippen LogP contribution is 2.09. The van der Waals surface area contributed by atoms with E-state index in [0.29, 0.717) is 5.91 Å². The first-order valence-electron chi connectivity index (χ1n) is 8.02. The van der Waals surface area contributed by atoms with E-state index in [-0.39, 0.29) is 0 Å². The van der Waals surface area contributed by atoms with Gasteiger partial charge in [0.2, 0.25) is 5.91 Å². The molecule has 0 bridgehead atoms. The van der Waals surface area contributed by atoms with Crippen LogP contribution >= 0.6 is 15.9 Å². The van der Waals surface area contributed by atoms with Gasteiger partial charge in [-0.1, -0.05) is 67.8 Å². The molecule has 114 valence electrons. The summed E-state index contributed by atoms with van der Waals surface area (Å²) in [5.74, 6) is 0.326. The summed E-state index contributed by atoms with van der Waals surface area (Å²) >= 11 is 3.43. The van der Waals surface area contributed by atoms with Gasteiger partial charge < -0.3 is 4.90 Å². The lowest BCUT2D eigenvalue weighted by molar-refractivity contribution is -0.130. The van der Waals surface area contributed by atoms with Crippen LogP contribution in [0.4, 0.5) is 0 Å². The highest BCUT2D eigenvalue weighted by molar-refractivity contribution is 9.09. The van der Waals surface area contributed by atoms with Crippen molar-refractivity contribution in [3.8, 4) is 0 Å². The molecular formula is C16H32BrNO. The third-order valence-electron chi connectivity index (χ3n) is 3.55. The molecule has 0 unspecified atom stereocenters. The molecule has 0 rings (SSSR count). The van der Waals surface area contributed by atoms with Crippen molar-refractivity contribution in [1.82, 2.24) is 4.90 Å². The largest absolute Gasteiger partial charge is 0.346 e. The molecule has 0 heterocycles. The number of carbonyl (C=O) groups excluding carboxylic acids is 1. The lowest BCUT2D eigenvalue weighted by Gasteiger charge is -2.16. The van der Waals surface area contributed by atoms with E-state index >= 15 is 0 Å². The van der Waals surface area contributed by atoms with Crippen molar-refractivity contribution < 1.29 is 4.79 Å². The molecule has 0 aliphatic rings. The number of alkyl halides is 1. The number of unbranched alkanes of at least 4 members (excludes halogenated alkanes) is 8. The highest BCUT2D eigenvalue weighted by Gasteiger charge is 2.07. The van der Waals surface area contributed by atoms with Gasteiger partial charge in [0.25, 0.3) is 0 Å². The van der Waals surface area contributed by atoms with E-state index in [2.05, 4.69) is 22.9 Å². The topological polar surface area (TPSA) is 20.3 Å². The molecule has 0 N–H and O–H groups in total. The number of rotatable bonds is 13. The second kappa shape index (κ2) is 14.4. The molecule has 3 heteroatoms. The summed E-state index contributed by atoms with van der Waals surface area (Å²) in [5, 5.41) is 1.07. The summed E-state index contributed by atoms with van der Waals surface area (Å²) in [4.78, 5) is 13.8. The number of amides is 1. The van der Waals surface area contributed by atoms with Gasteiger partial charge in [-0.05, 0) is 19.3 Å². The fraction of sp³-hybridized carbons (Fsp3) is 0.938. The van der Waals surface area contributed by atoms with Gasteiger partial charge in [-0.15, -0.1) is 0 Å². The summed E-state index contributed by atoms with van der Waals surface area (Å²) in [5.41, 5.74) is 0. The summed E-state index contributed by atoms with van der Waals surface area (Å²) in [7, 11) is 1.94. The first-order chi connectivity index (χ1) is 9.22. The molecule has 0 spiro atoms. The van der Waals surface area contributed by atoms with Crippen LogP contribution in [-0.2, 0) is 4.79 Å². The van der Waals surface area contributed by atoms with Crippen molar-refractivity contribution in [1.29, 1.82) is 0 Å². The Morgan fingerprint density at radius 2 is 1.47 bits per heavy atom. The highest BCUT2D eigenvalue weighted by atomic mass is 79.9. The number of carbonyl (C=O) groups is 1.